The highest BCUT2D eigenvalue weighted by molar-refractivity contribution is 9.10. The second-order valence-corrected chi connectivity index (χ2v) is 4.93. The summed E-state index contributed by atoms with van der Waals surface area (Å²) in [4.78, 5) is 15.8. The molecule has 0 bridgehead atoms. The molecule has 4 nitrogen and oxygen atoms in total. The predicted molar refractivity (Wildman–Crippen MR) is 77.7 cm³/mol. The Bertz CT molecular complexity index is 614. The van der Waals surface area contributed by atoms with E-state index in [0.29, 0.717) is 5.56 Å². The number of ether oxygens (including phenoxy) is 1. The average molecular weight is 321 g/mol. The maximum absolute atomic E-state index is 11.5. The lowest BCUT2D eigenvalue weighted by Gasteiger charge is -2.09. The summed E-state index contributed by atoms with van der Waals surface area (Å²) in [6, 6.07) is 9.08. The number of aryl methyl sites for hydroxylation is 1. The van der Waals surface area contributed by atoms with Gasteiger partial charge in [-0.05, 0) is 52.7 Å². The molecule has 0 saturated carbocycles. The van der Waals surface area contributed by atoms with E-state index >= 15 is 0 Å². The molecule has 0 aliphatic heterocycles. The molecule has 98 valence electrons. The third-order valence-electron chi connectivity index (χ3n) is 2.59. The van der Waals surface area contributed by atoms with Gasteiger partial charge in [0.05, 0.1) is 12.7 Å². The quantitative estimate of drug-likeness (QED) is 0.876. The highest BCUT2D eigenvalue weighted by Crippen LogP contribution is 2.21. The number of carbonyl (C=O) groups excluding carboxylic acids is 1. The van der Waals surface area contributed by atoms with Crippen LogP contribution in [0.3, 0.4) is 0 Å². The molecule has 1 aromatic heterocycles. The van der Waals surface area contributed by atoms with Gasteiger partial charge in [0.15, 0.2) is 0 Å². The molecule has 5 heteroatoms. The fraction of sp³-hybridized carbons (Fsp3) is 0.143. The van der Waals surface area contributed by atoms with Crippen LogP contribution in [0.2, 0.25) is 0 Å². The van der Waals surface area contributed by atoms with Crippen LogP contribution in [0.1, 0.15) is 15.9 Å². The summed E-state index contributed by atoms with van der Waals surface area (Å²) in [5.74, 6) is 0.398. The van der Waals surface area contributed by atoms with E-state index in [1.165, 1.54) is 7.11 Å². The predicted octanol–water partition coefficient (Wildman–Crippen LogP) is 3.68. The van der Waals surface area contributed by atoms with Gasteiger partial charge in [-0.25, -0.2) is 9.78 Å². The summed E-state index contributed by atoms with van der Waals surface area (Å²) in [6.45, 7) is 1.96. The van der Waals surface area contributed by atoms with Gasteiger partial charge in [-0.3, -0.25) is 0 Å². The van der Waals surface area contributed by atoms with Crippen molar-refractivity contribution in [1.29, 1.82) is 0 Å². The number of anilines is 2. The van der Waals surface area contributed by atoms with Gasteiger partial charge in [-0.1, -0.05) is 6.07 Å². The molecular weight excluding hydrogens is 308 g/mol. The number of hydrogen-bond donors (Lipinski definition) is 1. The molecule has 0 atom stereocenters. The summed E-state index contributed by atoms with van der Waals surface area (Å²) >= 11 is 3.37. The SMILES string of the molecule is COC(=O)c1cccc(Nc2ncc(Br)cc2C)c1. The molecule has 1 heterocycles. The van der Waals surface area contributed by atoms with Crippen molar-refractivity contribution in [3.63, 3.8) is 0 Å². The molecule has 0 unspecified atom stereocenters. The number of aromatic nitrogens is 1. The fourth-order valence-electron chi connectivity index (χ4n) is 1.65. The Hall–Kier alpha value is -1.88. The molecule has 0 fully saturated rings. The summed E-state index contributed by atoms with van der Waals surface area (Å²) in [5.41, 5.74) is 2.31. The van der Waals surface area contributed by atoms with Crippen molar-refractivity contribution in [2.45, 2.75) is 6.92 Å². The van der Waals surface area contributed by atoms with E-state index < -0.39 is 0 Å². The number of nitrogens with one attached hydrogen (secondary N) is 1. The summed E-state index contributed by atoms with van der Waals surface area (Å²) in [5, 5.41) is 3.18. The van der Waals surface area contributed by atoms with Gasteiger partial charge in [0.1, 0.15) is 5.82 Å². The highest BCUT2D eigenvalue weighted by atomic mass is 79.9. The first-order valence-electron chi connectivity index (χ1n) is 5.67. The largest absolute Gasteiger partial charge is 0.465 e. The fourth-order valence-corrected chi connectivity index (χ4v) is 2.10. The van der Waals surface area contributed by atoms with Crippen molar-refractivity contribution in [1.82, 2.24) is 4.98 Å². The van der Waals surface area contributed by atoms with Crippen LogP contribution in [0.4, 0.5) is 11.5 Å². The smallest absolute Gasteiger partial charge is 0.337 e. The lowest BCUT2D eigenvalue weighted by atomic mass is 10.2. The van der Waals surface area contributed by atoms with Gasteiger partial charge in [0, 0.05) is 16.4 Å². The number of halogens is 1. The maximum Gasteiger partial charge on any atom is 0.337 e. The summed E-state index contributed by atoms with van der Waals surface area (Å²) < 4.78 is 5.62. The highest BCUT2D eigenvalue weighted by Gasteiger charge is 2.07. The van der Waals surface area contributed by atoms with Crippen molar-refractivity contribution in [2.24, 2.45) is 0 Å². The zero-order valence-electron chi connectivity index (χ0n) is 10.6. The molecule has 1 aromatic carbocycles. The van der Waals surface area contributed by atoms with Gasteiger partial charge in [0.2, 0.25) is 0 Å². The zero-order valence-corrected chi connectivity index (χ0v) is 12.2. The summed E-state index contributed by atoms with van der Waals surface area (Å²) in [7, 11) is 1.36. The molecule has 2 aromatic rings. The van der Waals surface area contributed by atoms with Gasteiger partial charge in [-0.15, -0.1) is 0 Å². The molecule has 0 aliphatic carbocycles. The van der Waals surface area contributed by atoms with Crippen molar-refractivity contribution in [3.8, 4) is 0 Å². The van der Waals surface area contributed by atoms with Crippen molar-refractivity contribution in [2.75, 3.05) is 12.4 Å². The van der Waals surface area contributed by atoms with Crippen molar-refractivity contribution >= 4 is 33.4 Å². The molecule has 0 saturated heterocycles. The molecule has 0 radical (unpaired) electrons. The van der Waals surface area contributed by atoms with Crippen LogP contribution in [0, 0.1) is 6.92 Å². The zero-order chi connectivity index (χ0) is 13.8. The number of methoxy groups -OCH3 is 1. The van der Waals surface area contributed by atoms with E-state index in [0.717, 1.165) is 21.5 Å². The minimum absolute atomic E-state index is 0.357. The number of rotatable bonds is 3. The van der Waals surface area contributed by atoms with E-state index in [2.05, 4.69) is 26.2 Å². The number of pyridine rings is 1. The third-order valence-corrected chi connectivity index (χ3v) is 3.02. The Morgan fingerprint density at radius 2 is 2.16 bits per heavy atom. The first-order valence-corrected chi connectivity index (χ1v) is 6.47. The summed E-state index contributed by atoms with van der Waals surface area (Å²) in [6.07, 6.45) is 1.72. The van der Waals surface area contributed by atoms with Crippen LogP contribution >= 0.6 is 15.9 Å². The van der Waals surface area contributed by atoms with Crippen LogP contribution < -0.4 is 5.32 Å². The lowest BCUT2D eigenvalue weighted by molar-refractivity contribution is 0.0601. The number of nitrogens with zero attached hydrogens (tertiary/aromatic N) is 1. The van der Waals surface area contributed by atoms with Crippen LogP contribution in [0.15, 0.2) is 41.0 Å². The first kappa shape index (κ1) is 13.5. The van der Waals surface area contributed by atoms with Gasteiger partial charge in [-0.2, -0.15) is 0 Å². The van der Waals surface area contributed by atoms with E-state index in [4.69, 9.17) is 4.74 Å². The Morgan fingerprint density at radius 1 is 1.37 bits per heavy atom. The molecule has 0 amide bonds. The third kappa shape index (κ3) is 3.32. The monoisotopic (exact) mass is 320 g/mol. The molecule has 0 aliphatic rings. The number of esters is 1. The van der Waals surface area contributed by atoms with Gasteiger partial charge in [0.25, 0.3) is 0 Å². The van der Waals surface area contributed by atoms with E-state index in [1.54, 1.807) is 24.4 Å². The van der Waals surface area contributed by atoms with Crippen molar-refractivity contribution < 1.29 is 9.53 Å². The second kappa shape index (κ2) is 5.84. The Morgan fingerprint density at radius 3 is 2.84 bits per heavy atom. The normalized spacial score (nSPS) is 10.1. The van der Waals surface area contributed by atoms with E-state index in [1.807, 2.05) is 19.1 Å². The number of carbonyl (C=O) groups is 1. The standard InChI is InChI=1S/C14H13BrN2O2/c1-9-6-11(15)8-16-13(9)17-12-5-3-4-10(7-12)14(18)19-2/h3-8H,1-2H3,(H,16,17). The Labute approximate surface area is 119 Å². The van der Waals surface area contributed by atoms with Crippen LogP contribution in [-0.2, 0) is 4.74 Å². The topological polar surface area (TPSA) is 51.2 Å². The minimum Gasteiger partial charge on any atom is -0.465 e. The molecule has 2 rings (SSSR count). The van der Waals surface area contributed by atoms with Crippen LogP contribution in [0.5, 0.6) is 0 Å². The maximum atomic E-state index is 11.5. The minimum atomic E-state index is -0.357. The number of benzene rings is 1. The molecule has 0 spiro atoms. The van der Waals surface area contributed by atoms with Crippen LogP contribution in [0.25, 0.3) is 0 Å². The Kier molecular flexibility index (Phi) is 4.16. The second-order valence-electron chi connectivity index (χ2n) is 4.02. The number of hydrogen-bond acceptors (Lipinski definition) is 4. The van der Waals surface area contributed by atoms with Gasteiger partial charge < -0.3 is 10.1 Å². The molecular formula is C14H13BrN2O2. The lowest BCUT2D eigenvalue weighted by Crippen LogP contribution is -2.02. The van der Waals surface area contributed by atoms with E-state index in [-0.39, 0.29) is 5.97 Å². The average Bonchev–Trinajstić information content (AvgIpc) is 2.41. The first-order chi connectivity index (χ1) is 9.10. The van der Waals surface area contributed by atoms with Crippen LogP contribution in [-0.4, -0.2) is 18.1 Å². The molecule has 1 N–H and O–H groups in total. The van der Waals surface area contributed by atoms with Gasteiger partial charge >= 0.3 is 5.97 Å². The van der Waals surface area contributed by atoms with Crippen molar-refractivity contribution in [3.05, 3.63) is 52.1 Å². The Balaban J connectivity index is 2.26. The molecule has 19 heavy (non-hydrogen) atoms. The van der Waals surface area contributed by atoms with E-state index in [9.17, 15) is 4.79 Å².